The van der Waals surface area contributed by atoms with Gasteiger partial charge in [0.15, 0.2) is 0 Å². The van der Waals surface area contributed by atoms with Gasteiger partial charge in [0, 0.05) is 44.8 Å². The number of morpholine rings is 1. The first-order valence-electron chi connectivity index (χ1n) is 9.71. The molecule has 0 saturated carbocycles. The topological polar surface area (TPSA) is 67.8 Å². The summed E-state index contributed by atoms with van der Waals surface area (Å²) in [7, 11) is 0. The quantitative estimate of drug-likeness (QED) is 0.718. The lowest BCUT2D eigenvalue weighted by molar-refractivity contribution is -0.133. The zero-order valence-electron chi connectivity index (χ0n) is 15.9. The smallest absolute Gasteiger partial charge is 0.224 e. The van der Waals surface area contributed by atoms with Gasteiger partial charge in [0.1, 0.15) is 11.6 Å². The fraction of sp³-hybridized carbons (Fsp3) is 0.737. The van der Waals surface area contributed by atoms with Crippen LogP contribution in [0.25, 0.3) is 0 Å². The molecule has 0 radical (unpaired) electrons. The SMILES string of the molecule is CCOCCC(=O)N1CCCC(c2cc(N3CCOCC3)nc(C)n2)C1. The summed E-state index contributed by atoms with van der Waals surface area (Å²) in [5.41, 5.74) is 1.06. The molecule has 0 N–H and O–H groups in total. The van der Waals surface area contributed by atoms with Gasteiger partial charge < -0.3 is 19.3 Å². The molecule has 2 saturated heterocycles. The van der Waals surface area contributed by atoms with Crippen molar-refractivity contribution in [2.45, 2.75) is 39.0 Å². The molecule has 0 bridgehead atoms. The summed E-state index contributed by atoms with van der Waals surface area (Å²) in [6.45, 7) is 9.84. The second-order valence-electron chi connectivity index (χ2n) is 6.92. The lowest BCUT2D eigenvalue weighted by Gasteiger charge is -2.33. The molecule has 7 nitrogen and oxygen atoms in total. The average molecular weight is 362 g/mol. The van der Waals surface area contributed by atoms with Gasteiger partial charge in [0.05, 0.1) is 31.9 Å². The Bertz CT molecular complexity index is 604. The van der Waals surface area contributed by atoms with E-state index in [4.69, 9.17) is 9.47 Å². The molecule has 2 aliphatic rings. The minimum atomic E-state index is 0.183. The molecule has 0 aromatic carbocycles. The van der Waals surface area contributed by atoms with Crippen LogP contribution in [0.15, 0.2) is 6.07 Å². The third kappa shape index (κ3) is 4.92. The molecular formula is C19H30N4O3. The Morgan fingerprint density at radius 1 is 1.31 bits per heavy atom. The number of carbonyl (C=O) groups excluding carboxylic acids is 1. The zero-order valence-corrected chi connectivity index (χ0v) is 15.9. The van der Waals surface area contributed by atoms with E-state index in [1.54, 1.807) is 0 Å². The van der Waals surface area contributed by atoms with Gasteiger partial charge in [0.2, 0.25) is 5.91 Å². The highest BCUT2D eigenvalue weighted by molar-refractivity contribution is 5.76. The van der Waals surface area contributed by atoms with Crippen LogP contribution in [-0.2, 0) is 14.3 Å². The Labute approximate surface area is 155 Å². The fourth-order valence-corrected chi connectivity index (χ4v) is 3.65. The fourth-order valence-electron chi connectivity index (χ4n) is 3.65. The number of hydrogen-bond acceptors (Lipinski definition) is 6. The van der Waals surface area contributed by atoms with Crippen LogP contribution < -0.4 is 4.90 Å². The van der Waals surface area contributed by atoms with Crippen LogP contribution in [0.4, 0.5) is 5.82 Å². The first-order valence-corrected chi connectivity index (χ1v) is 9.71. The number of anilines is 1. The van der Waals surface area contributed by atoms with Gasteiger partial charge >= 0.3 is 0 Å². The standard InChI is InChI=1S/C19H30N4O3/c1-3-25-10-6-19(24)23-7-4-5-16(14-23)17-13-18(21-15(2)20-17)22-8-11-26-12-9-22/h13,16H,3-12,14H2,1-2H3. The number of piperidine rings is 1. The van der Waals surface area contributed by atoms with Crippen molar-refractivity contribution in [3.8, 4) is 0 Å². The number of aryl methyl sites for hydroxylation is 1. The van der Waals surface area contributed by atoms with E-state index in [0.717, 1.165) is 69.6 Å². The predicted octanol–water partition coefficient (Wildman–Crippen LogP) is 1.75. The third-order valence-electron chi connectivity index (χ3n) is 5.04. The van der Waals surface area contributed by atoms with Crippen molar-refractivity contribution in [2.75, 3.05) is 57.5 Å². The van der Waals surface area contributed by atoms with Gasteiger partial charge in [-0.1, -0.05) is 0 Å². The molecule has 3 rings (SSSR count). The first-order chi connectivity index (χ1) is 12.7. The van der Waals surface area contributed by atoms with E-state index in [0.29, 0.717) is 19.6 Å². The zero-order chi connectivity index (χ0) is 18.4. The highest BCUT2D eigenvalue weighted by atomic mass is 16.5. The number of aromatic nitrogens is 2. The Kier molecular flexibility index (Phi) is 6.80. The van der Waals surface area contributed by atoms with Crippen LogP contribution in [-0.4, -0.2) is 73.4 Å². The summed E-state index contributed by atoms with van der Waals surface area (Å²) in [4.78, 5) is 26.0. The van der Waals surface area contributed by atoms with Gasteiger partial charge in [0.25, 0.3) is 0 Å². The molecule has 144 valence electrons. The molecule has 2 fully saturated rings. The molecule has 2 aliphatic heterocycles. The average Bonchev–Trinajstić information content (AvgIpc) is 2.68. The van der Waals surface area contributed by atoms with Crippen LogP contribution in [0.5, 0.6) is 0 Å². The molecule has 26 heavy (non-hydrogen) atoms. The second kappa shape index (κ2) is 9.28. The van der Waals surface area contributed by atoms with E-state index in [1.807, 2.05) is 18.7 Å². The van der Waals surface area contributed by atoms with Crippen LogP contribution in [0.2, 0.25) is 0 Å². The molecule has 3 heterocycles. The maximum Gasteiger partial charge on any atom is 0.224 e. The monoisotopic (exact) mass is 362 g/mol. The molecule has 1 unspecified atom stereocenters. The normalized spacial score (nSPS) is 21.1. The Morgan fingerprint density at radius 2 is 2.12 bits per heavy atom. The number of amides is 1. The molecule has 1 aromatic rings. The minimum Gasteiger partial charge on any atom is -0.381 e. The lowest BCUT2D eigenvalue weighted by Crippen LogP contribution is -2.40. The van der Waals surface area contributed by atoms with Gasteiger partial charge in [-0.3, -0.25) is 4.79 Å². The predicted molar refractivity (Wildman–Crippen MR) is 99.5 cm³/mol. The molecule has 1 amide bonds. The van der Waals surface area contributed by atoms with Crippen molar-refractivity contribution in [2.24, 2.45) is 0 Å². The Morgan fingerprint density at radius 3 is 2.88 bits per heavy atom. The van der Waals surface area contributed by atoms with E-state index in [2.05, 4.69) is 20.9 Å². The number of rotatable bonds is 6. The molecular weight excluding hydrogens is 332 g/mol. The summed E-state index contributed by atoms with van der Waals surface area (Å²) < 4.78 is 10.8. The highest BCUT2D eigenvalue weighted by Gasteiger charge is 2.26. The summed E-state index contributed by atoms with van der Waals surface area (Å²) >= 11 is 0. The third-order valence-corrected chi connectivity index (χ3v) is 5.04. The number of likely N-dealkylation sites (tertiary alicyclic amines) is 1. The molecule has 1 aromatic heterocycles. The van der Waals surface area contributed by atoms with Crippen molar-refractivity contribution in [1.82, 2.24) is 14.9 Å². The van der Waals surface area contributed by atoms with Crippen LogP contribution in [0.1, 0.15) is 43.6 Å². The highest BCUT2D eigenvalue weighted by Crippen LogP contribution is 2.28. The van der Waals surface area contributed by atoms with E-state index in [-0.39, 0.29) is 11.8 Å². The van der Waals surface area contributed by atoms with Crippen molar-refractivity contribution in [1.29, 1.82) is 0 Å². The van der Waals surface area contributed by atoms with Crippen LogP contribution in [0.3, 0.4) is 0 Å². The van der Waals surface area contributed by atoms with Crippen molar-refractivity contribution < 1.29 is 14.3 Å². The largest absolute Gasteiger partial charge is 0.381 e. The molecule has 0 spiro atoms. The number of ether oxygens (including phenoxy) is 2. The summed E-state index contributed by atoms with van der Waals surface area (Å²) in [5, 5.41) is 0. The van der Waals surface area contributed by atoms with Gasteiger partial charge in [-0.05, 0) is 26.7 Å². The van der Waals surface area contributed by atoms with Crippen molar-refractivity contribution >= 4 is 11.7 Å². The minimum absolute atomic E-state index is 0.183. The van der Waals surface area contributed by atoms with E-state index < -0.39 is 0 Å². The summed E-state index contributed by atoms with van der Waals surface area (Å²) in [5.74, 6) is 2.24. The first kappa shape index (κ1) is 19.0. The maximum atomic E-state index is 12.4. The maximum absolute atomic E-state index is 12.4. The molecule has 1 atom stereocenters. The Balaban J connectivity index is 1.67. The van der Waals surface area contributed by atoms with Crippen LogP contribution in [0, 0.1) is 6.92 Å². The van der Waals surface area contributed by atoms with E-state index in [9.17, 15) is 4.79 Å². The summed E-state index contributed by atoms with van der Waals surface area (Å²) in [6.07, 6.45) is 2.54. The van der Waals surface area contributed by atoms with Gasteiger partial charge in [-0.15, -0.1) is 0 Å². The number of hydrogen-bond donors (Lipinski definition) is 0. The van der Waals surface area contributed by atoms with Crippen molar-refractivity contribution in [3.05, 3.63) is 17.6 Å². The van der Waals surface area contributed by atoms with E-state index in [1.165, 1.54) is 0 Å². The van der Waals surface area contributed by atoms with Crippen LogP contribution >= 0.6 is 0 Å². The van der Waals surface area contributed by atoms with Gasteiger partial charge in [-0.2, -0.15) is 0 Å². The molecule has 7 heteroatoms. The number of nitrogens with zero attached hydrogens (tertiary/aromatic N) is 4. The second-order valence-corrected chi connectivity index (χ2v) is 6.92. The van der Waals surface area contributed by atoms with Crippen molar-refractivity contribution in [3.63, 3.8) is 0 Å². The summed E-state index contributed by atoms with van der Waals surface area (Å²) in [6, 6.07) is 2.11. The Hall–Kier alpha value is -1.73. The lowest BCUT2D eigenvalue weighted by atomic mass is 9.94. The molecule has 0 aliphatic carbocycles. The number of carbonyl (C=O) groups is 1. The van der Waals surface area contributed by atoms with E-state index >= 15 is 0 Å². The van der Waals surface area contributed by atoms with Gasteiger partial charge in [-0.25, -0.2) is 9.97 Å².